The first kappa shape index (κ1) is 14.3. The fourth-order valence-electron chi connectivity index (χ4n) is 3.36. The molecule has 0 bridgehead atoms. The number of anilines is 1. The third-order valence-electron chi connectivity index (χ3n) is 4.71. The molecule has 1 aromatic heterocycles. The highest BCUT2D eigenvalue weighted by atomic mass is 79.9. The van der Waals surface area contributed by atoms with E-state index in [1.807, 2.05) is 12.4 Å². The van der Waals surface area contributed by atoms with Crippen LogP contribution >= 0.6 is 15.9 Å². The van der Waals surface area contributed by atoms with Crippen molar-refractivity contribution in [3.05, 3.63) is 16.9 Å². The van der Waals surface area contributed by atoms with Crippen molar-refractivity contribution in [3.63, 3.8) is 0 Å². The maximum atomic E-state index is 4.40. The maximum absolute atomic E-state index is 4.40. The van der Waals surface area contributed by atoms with E-state index in [9.17, 15) is 0 Å². The lowest BCUT2D eigenvalue weighted by Crippen LogP contribution is -2.51. The SMILES string of the molecule is CC1CCC(N2CCN(c3ncc(Br)cn3)CC2)CC1. The predicted octanol–water partition coefficient (Wildman–Crippen LogP) is 2.94. The van der Waals surface area contributed by atoms with Gasteiger partial charge in [0.2, 0.25) is 5.95 Å². The molecule has 1 saturated heterocycles. The second kappa shape index (κ2) is 6.39. The highest BCUT2D eigenvalue weighted by Gasteiger charge is 2.27. The fourth-order valence-corrected chi connectivity index (χ4v) is 3.57. The summed E-state index contributed by atoms with van der Waals surface area (Å²) in [4.78, 5) is 13.8. The van der Waals surface area contributed by atoms with Crippen LogP contribution in [0.4, 0.5) is 5.95 Å². The van der Waals surface area contributed by atoms with Gasteiger partial charge in [-0.15, -0.1) is 0 Å². The van der Waals surface area contributed by atoms with Gasteiger partial charge in [-0.05, 0) is 47.5 Å². The molecule has 4 nitrogen and oxygen atoms in total. The van der Waals surface area contributed by atoms with E-state index in [4.69, 9.17) is 0 Å². The van der Waals surface area contributed by atoms with E-state index in [1.54, 1.807) is 0 Å². The molecule has 0 atom stereocenters. The lowest BCUT2D eigenvalue weighted by molar-refractivity contribution is 0.132. The number of hydrogen-bond donors (Lipinski definition) is 0. The zero-order chi connectivity index (χ0) is 13.9. The molecule has 1 saturated carbocycles. The molecule has 2 heterocycles. The van der Waals surface area contributed by atoms with Crippen molar-refractivity contribution in [1.82, 2.24) is 14.9 Å². The minimum absolute atomic E-state index is 0.819. The Hall–Kier alpha value is -0.680. The average Bonchev–Trinajstić information content (AvgIpc) is 2.49. The Morgan fingerprint density at radius 2 is 1.60 bits per heavy atom. The minimum atomic E-state index is 0.819. The predicted molar refractivity (Wildman–Crippen MR) is 84.9 cm³/mol. The van der Waals surface area contributed by atoms with Crippen molar-refractivity contribution in [3.8, 4) is 0 Å². The van der Waals surface area contributed by atoms with Gasteiger partial charge in [0.05, 0.1) is 4.47 Å². The number of rotatable bonds is 2. The van der Waals surface area contributed by atoms with Gasteiger partial charge in [-0.1, -0.05) is 6.92 Å². The number of nitrogens with zero attached hydrogens (tertiary/aromatic N) is 4. The molecule has 2 fully saturated rings. The molecular formula is C15H23BrN4. The second-order valence-electron chi connectivity index (χ2n) is 6.14. The molecule has 5 heteroatoms. The smallest absolute Gasteiger partial charge is 0.225 e. The topological polar surface area (TPSA) is 32.3 Å². The molecule has 0 N–H and O–H groups in total. The second-order valence-corrected chi connectivity index (χ2v) is 7.05. The first-order valence-electron chi connectivity index (χ1n) is 7.69. The molecule has 1 aliphatic carbocycles. The van der Waals surface area contributed by atoms with Gasteiger partial charge in [0, 0.05) is 44.6 Å². The largest absolute Gasteiger partial charge is 0.338 e. The van der Waals surface area contributed by atoms with Crippen LogP contribution in [0.1, 0.15) is 32.6 Å². The molecule has 0 spiro atoms. The van der Waals surface area contributed by atoms with E-state index < -0.39 is 0 Å². The Morgan fingerprint density at radius 3 is 2.20 bits per heavy atom. The molecule has 1 aliphatic heterocycles. The van der Waals surface area contributed by atoms with Crippen molar-refractivity contribution in [2.45, 2.75) is 38.6 Å². The van der Waals surface area contributed by atoms with Crippen LogP contribution in [0.2, 0.25) is 0 Å². The number of aromatic nitrogens is 2. The Balaban J connectivity index is 1.53. The Labute approximate surface area is 129 Å². The van der Waals surface area contributed by atoms with Gasteiger partial charge in [-0.25, -0.2) is 9.97 Å². The van der Waals surface area contributed by atoms with Crippen molar-refractivity contribution in [1.29, 1.82) is 0 Å². The highest BCUT2D eigenvalue weighted by molar-refractivity contribution is 9.10. The Kier molecular flexibility index (Phi) is 4.56. The van der Waals surface area contributed by atoms with E-state index in [0.717, 1.165) is 48.6 Å². The van der Waals surface area contributed by atoms with Crippen LogP contribution in [-0.4, -0.2) is 47.1 Å². The summed E-state index contributed by atoms with van der Waals surface area (Å²) >= 11 is 3.38. The molecule has 0 aromatic carbocycles. The van der Waals surface area contributed by atoms with E-state index in [0.29, 0.717) is 0 Å². The van der Waals surface area contributed by atoms with Crippen LogP contribution in [-0.2, 0) is 0 Å². The normalized spacial score (nSPS) is 28.6. The Morgan fingerprint density at radius 1 is 1.00 bits per heavy atom. The van der Waals surface area contributed by atoms with Crippen LogP contribution in [0.25, 0.3) is 0 Å². The standard InChI is InChI=1S/C15H23BrN4/c1-12-2-4-14(5-3-12)19-6-8-20(9-7-19)15-17-10-13(16)11-18-15/h10-12,14H,2-9H2,1H3. The highest BCUT2D eigenvalue weighted by Crippen LogP contribution is 2.28. The average molecular weight is 339 g/mol. The first-order chi connectivity index (χ1) is 9.72. The summed E-state index contributed by atoms with van der Waals surface area (Å²) in [5.74, 6) is 1.80. The monoisotopic (exact) mass is 338 g/mol. The molecular weight excluding hydrogens is 316 g/mol. The van der Waals surface area contributed by atoms with Crippen molar-refractivity contribution < 1.29 is 0 Å². The van der Waals surface area contributed by atoms with Crippen LogP contribution < -0.4 is 4.90 Å². The summed E-state index contributed by atoms with van der Waals surface area (Å²) in [5.41, 5.74) is 0. The summed E-state index contributed by atoms with van der Waals surface area (Å²) < 4.78 is 0.941. The lowest BCUT2D eigenvalue weighted by Gasteiger charge is -2.41. The lowest BCUT2D eigenvalue weighted by atomic mass is 9.86. The van der Waals surface area contributed by atoms with Gasteiger partial charge in [0.1, 0.15) is 0 Å². The first-order valence-corrected chi connectivity index (χ1v) is 8.48. The number of halogens is 1. The molecule has 2 aliphatic rings. The van der Waals surface area contributed by atoms with E-state index in [-0.39, 0.29) is 0 Å². The molecule has 0 unspecified atom stereocenters. The number of piperazine rings is 1. The zero-order valence-electron chi connectivity index (χ0n) is 12.1. The van der Waals surface area contributed by atoms with Crippen molar-refractivity contribution in [2.75, 3.05) is 31.1 Å². The molecule has 3 rings (SSSR count). The maximum Gasteiger partial charge on any atom is 0.225 e. The fraction of sp³-hybridized carbons (Fsp3) is 0.733. The summed E-state index contributed by atoms with van der Waals surface area (Å²) in [6.07, 6.45) is 9.24. The van der Waals surface area contributed by atoms with E-state index >= 15 is 0 Å². The quantitative estimate of drug-likeness (QED) is 0.829. The van der Waals surface area contributed by atoms with E-state index in [1.165, 1.54) is 25.7 Å². The summed E-state index contributed by atoms with van der Waals surface area (Å²) in [7, 11) is 0. The molecule has 0 amide bonds. The molecule has 1 aromatic rings. The van der Waals surface area contributed by atoms with Gasteiger partial charge in [-0.3, -0.25) is 4.90 Å². The van der Waals surface area contributed by atoms with Gasteiger partial charge in [-0.2, -0.15) is 0 Å². The summed E-state index contributed by atoms with van der Waals surface area (Å²) in [6.45, 7) is 6.79. The Bertz CT molecular complexity index is 420. The molecule has 20 heavy (non-hydrogen) atoms. The van der Waals surface area contributed by atoms with Crippen molar-refractivity contribution >= 4 is 21.9 Å². The third kappa shape index (κ3) is 3.31. The van der Waals surface area contributed by atoms with Gasteiger partial charge in [0.15, 0.2) is 0 Å². The molecule has 0 radical (unpaired) electrons. The van der Waals surface area contributed by atoms with Gasteiger partial charge in [0.25, 0.3) is 0 Å². The van der Waals surface area contributed by atoms with Crippen LogP contribution in [0.15, 0.2) is 16.9 Å². The van der Waals surface area contributed by atoms with Gasteiger partial charge < -0.3 is 4.90 Å². The third-order valence-corrected chi connectivity index (χ3v) is 5.12. The number of hydrogen-bond acceptors (Lipinski definition) is 4. The van der Waals surface area contributed by atoms with Crippen LogP contribution in [0, 0.1) is 5.92 Å². The summed E-state index contributed by atoms with van der Waals surface area (Å²) in [5, 5.41) is 0. The van der Waals surface area contributed by atoms with Gasteiger partial charge >= 0.3 is 0 Å². The van der Waals surface area contributed by atoms with Crippen LogP contribution in [0.5, 0.6) is 0 Å². The molecule has 110 valence electrons. The van der Waals surface area contributed by atoms with Crippen LogP contribution in [0.3, 0.4) is 0 Å². The minimum Gasteiger partial charge on any atom is -0.338 e. The zero-order valence-corrected chi connectivity index (χ0v) is 13.7. The van der Waals surface area contributed by atoms with E-state index in [2.05, 4.69) is 42.6 Å². The van der Waals surface area contributed by atoms with Crippen molar-refractivity contribution in [2.24, 2.45) is 5.92 Å². The summed E-state index contributed by atoms with van der Waals surface area (Å²) in [6, 6.07) is 0.819.